The average molecular weight is 276 g/mol. The Bertz CT molecular complexity index is 624. The normalized spacial score (nSPS) is 10.9. The summed E-state index contributed by atoms with van der Waals surface area (Å²) in [5, 5.41) is 8.54. The van der Waals surface area contributed by atoms with Crippen LogP contribution in [0.25, 0.3) is 5.57 Å². The van der Waals surface area contributed by atoms with Crippen molar-refractivity contribution in [3.63, 3.8) is 0 Å². The van der Waals surface area contributed by atoms with Crippen molar-refractivity contribution in [2.45, 2.75) is 0 Å². The van der Waals surface area contributed by atoms with E-state index in [0.717, 1.165) is 22.8 Å². The molecule has 0 heterocycles. The summed E-state index contributed by atoms with van der Waals surface area (Å²) in [6.45, 7) is 0. The Morgan fingerprint density at radius 1 is 0.762 bits per heavy atom. The third kappa shape index (κ3) is 4.62. The minimum absolute atomic E-state index is 0.949. The van der Waals surface area contributed by atoms with Gasteiger partial charge in [0.1, 0.15) is 0 Å². The molecule has 2 aromatic carbocycles. The lowest BCUT2D eigenvalue weighted by atomic mass is 9.97. The van der Waals surface area contributed by atoms with Crippen LogP contribution < -0.4 is 0 Å². The Morgan fingerprint density at radius 3 is 1.76 bits per heavy atom. The van der Waals surface area contributed by atoms with Crippen molar-refractivity contribution in [2.24, 2.45) is 0 Å². The number of rotatable bonds is 5. The van der Waals surface area contributed by atoms with Crippen molar-refractivity contribution in [3.05, 3.63) is 102 Å². The Balaban J connectivity index is 2.31. The molecular weight excluding hydrogens is 260 g/mol. The van der Waals surface area contributed by atoms with Gasteiger partial charge in [0.15, 0.2) is 0 Å². The maximum atomic E-state index is 10.4. The number of aliphatic carboxylic acids is 1. The van der Waals surface area contributed by atoms with Gasteiger partial charge in [0.05, 0.1) is 0 Å². The van der Waals surface area contributed by atoms with E-state index in [2.05, 4.69) is 24.3 Å². The molecule has 0 bridgehead atoms. The topological polar surface area (TPSA) is 37.3 Å². The Morgan fingerprint density at radius 2 is 1.29 bits per heavy atom. The molecule has 0 aliphatic carbocycles. The summed E-state index contributed by atoms with van der Waals surface area (Å²) in [6.07, 6.45) is 8.15. The van der Waals surface area contributed by atoms with Crippen LogP contribution in [0.15, 0.2) is 91.0 Å². The molecule has 2 nitrogen and oxygen atoms in total. The lowest BCUT2D eigenvalue weighted by molar-refractivity contribution is -0.131. The maximum absolute atomic E-state index is 10.4. The quantitative estimate of drug-likeness (QED) is 0.652. The predicted octanol–water partition coefficient (Wildman–Crippen LogP) is 4.32. The van der Waals surface area contributed by atoms with E-state index in [9.17, 15) is 4.79 Å². The fourth-order valence-corrected chi connectivity index (χ4v) is 1.95. The highest BCUT2D eigenvalue weighted by Crippen LogP contribution is 2.23. The minimum Gasteiger partial charge on any atom is -0.478 e. The molecule has 104 valence electrons. The lowest BCUT2D eigenvalue weighted by Crippen LogP contribution is -1.86. The molecule has 2 rings (SSSR count). The zero-order valence-corrected chi connectivity index (χ0v) is 11.5. The predicted molar refractivity (Wildman–Crippen MR) is 85.9 cm³/mol. The highest BCUT2D eigenvalue weighted by atomic mass is 16.4. The van der Waals surface area contributed by atoms with Gasteiger partial charge in [-0.25, -0.2) is 4.79 Å². The second-order valence-corrected chi connectivity index (χ2v) is 4.39. The monoisotopic (exact) mass is 276 g/mol. The SMILES string of the molecule is O=C(O)/C=C/C=C/C=C(c1ccccc1)c1ccccc1. The first-order valence-electron chi connectivity index (χ1n) is 6.66. The number of allylic oxidation sites excluding steroid dienone is 4. The molecular formula is C19H16O2. The summed E-state index contributed by atoms with van der Waals surface area (Å²) in [5.74, 6) is -0.949. The van der Waals surface area contributed by atoms with Crippen molar-refractivity contribution in [2.75, 3.05) is 0 Å². The van der Waals surface area contributed by atoms with E-state index in [1.165, 1.54) is 6.08 Å². The van der Waals surface area contributed by atoms with Gasteiger partial charge in [-0.1, -0.05) is 85.0 Å². The van der Waals surface area contributed by atoms with Gasteiger partial charge in [-0.2, -0.15) is 0 Å². The summed E-state index contributed by atoms with van der Waals surface area (Å²) in [4.78, 5) is 10.4. The Kier molecular flexibility index (Phi) is 5.30. The van der Waals surface area contributed by atoms with E-state index in [-0.39, 0.29) is 0 Å². The van der Waals surface area contributed by atoms with Crippen LogP contribution in [0, 0.1) is 0 Å². The van der Waals surface area contributed by atoms with Crippen LogP contribution in [0.2, 0.25) is 0 Å². The molecule has 0 saturated carbocycles. The summed E-state index contributed by atoms with van der Waals surface area (Å²) in [6, 6.07) is 20.2. The van der Waals surface area contributed by atoms with E-state index in [0.29, 0.717) is 0 Å². The largest absolute Gasteiger partial charge is 0.478 e. The lowest BCUT2D eigenvalue weighted by Gasteiger charge is -2.07. The van der Waals surface area contributed by atoms with Gasteiger partial charge < -0.3 is 5.11 Å². The van der Waals surface area contributed by atoms with E-state index in [1.807, 2.05) is 48.6 Å². The standard InChI is InChI=1S/C19H16O2/c20-19(21)15-9-3-8-14-18(16-10-4-1-5-11-16)17-12-6-2-7-13-17/h1-15H,(H,20,21)/b8-3+,15-9+. The summed E-state index contributed by atoms with van der Waals surface area (Å²) in [7, 11) is 0. The van der Waals surface area contributed by atoms with E-state index < -0.39 is 5.97 Å². The first-order valence-corrected chi connectivity index (χ1v) is 6.66. The molecule has 0 atom stereocenters. The summed E-state index contributed by atoms with van der Waals surface area (Å²) < 4.78 is 0. The van der Waals surface area contributed by atoms with Gasteiger partial charge in [0.25, 0.3) is 0 Å². The van der Waals surface area contributed by atoms with Crippen LogP contribution in [-0.2, 0) is 4.79 Å². The van der Waals surface area contributed by atoms with Crippen LogP contribution in [0.4, 0.5) is 0 Å². The fraction of sp³-hybridized carbons (Fsp3) is 0. The number of hydrogen-bond donors (Lipinski definition) is 1. The molecule has 0 spiro atoms. The number of carboxylic acids is 1. The molecule has 1 N–H and O–H groups in total. The minimum atomic E-state index is -0.949. The van der Waals surface area contributed by atoms with Gasteiger partial charge in [0.2, 0.25) is 0 Å². The molecule has 0 aliphatic heterocycles. The fourth-order valence-electron chi connectivity index (χ4n) is 1.95. The van der Waals surface area contributed by atoms with Crippen molar-refractivity contribution in [1.29, 1.82) is 0 Å². The van der Waals surface area contributed by atoms with Gasteiger partial charge >= 0.3 is 5.97 Å². The van der Waals surface area contributed by atoms with Crippen LogP contribution in [0.3, 0.4) is 0 Å². The van der Waals surface area contributed by atoms with E-state index in [1.54, 1.807) is 6.08 Å². The third-order valence-electron chi connectivity index (χ3n) is 2.89. The van der Waals surface area contributed by atoms with Gasteiger partial charge in [-0.05, 0) is 16.7 Å². The maximum Gasteiger partial charge on any atom is 0.328 e. The van der Waals surface area contributed by atoms with Crippen molar-refractivity contribution >= 4 is 11.5 Å². The molecule has 0 fully saturated rings. The second-order valence-electron chi connectivity index (χ2n) is 4.39. The molecule has 21 heavy (non-hydrogen) atoms. The molecule has 0 radical (unpaired) electrons. The van der Waals surface area contributed by atoms with Crippen LogP contribution >= 0.6 is 0 Å². The molecule has 0 aromatic heterocycles. The number of carbonyl (C=O) groups is 1. The second kappa shape index (κ2) is 7.65. The van der Waals surface area contributed by atoms with Crippen molar-refractivity contribution < 1.29 is 9.90 Å². The zero-order valence-electron chi connectivity index (χ0n) is 11.5. The number of benzene rings is 2. The van der Waals surface area contributed by atoms with Crippen LogP contribution in [0.5, 0.6) is 0 Å². The highest BCUT2D eigenvalue weighted by Gasteiger charge is 2.02. The van der Waals surface area contributed by atoms with Crippen molar-refractivity contribution in [1.82, 2.24) is 0 Å². The third-order valence-corrected chi connectivity index (χ3v) is 2.89. The molecule has 2 aromatic rings. The highest BCUT2D eigenvalue weighted by molar-refractivity contribution is 5.81. The van der Waals surface area contributed by atoms with Gasteiger partial charge in [0, 0.05) is 6.08 Å². The summed E-state index contributed by atoms with van der Waals surface area (Å²) in [5.41, 5.74) is 3.34. The molecule has 0 amide bonds. The molecule has 2 heteroatoms. The van der Waals surface area contributed by atoms with Crippen LogP contribution in [-0.4, -0.2) is 11.1 Å². The van der Waals surface area contributed by atoms with Crippen molar-refractivity contribution in [3.8, 4) is 0 Å². The molecule has 0 unspecified atom stereocenters. The number of carboxylic acid groups (broad SMARTS) is 1. The zero-order chi connectivity index (χ0) is 14.9. The van der Waals surface area contributed by atoms with Gasteiger partial charge in [-0.3, -0.25) is 0 Å². The number of hydrogen-bond acceptors (Lipinski definition) is 1. The van der Waals surface area contributed by atoms with Gasteiger partial charge in [-0.15, -0.1) is 0 Å². The van der Waals surface area contributed by atoms with E-state index in [4.69, 9.17) is 5.11 Å². The average Bonchev–Trinajstić information content (AvgIpc) is 2.52. The smallest absolute Gasteiger partial charge is 0.328 e. The first-order chi connectivity index (χ1) is 10.3. The first kappa shape index (κ1) is 14.5. The molecule has 0 aliphatic rings. The Hall–Kier alpha value is -2.87. The summed E-state index contributed by atoms with van der Waals surface area (Å²) >= 11 is 0. The molecule has 0 saturated heterocycles. The van der Waals surface area contributed by atoms with E-state index >= 15 is 0 Å². The van der Waals surface area contributed by atoms with Crippen LogP contribution in [0.1, 0.15) is 11.1 Å². The Labute approximate surface area is 124 Å².